The van der Waals surface area contributed by atoms with Gasteiger partial charge in [-0.15, -0.1) is 0 Å². The summed E-state index contributed by atoms with van der Waals surface area (Å²) in [5.74, 6) is 2.78. The zero-order valence-electron chi connectivity index (χ0n) is 31.6. The van der Waals surface area contributed by atoms with Gasteiger partial charge in [-0.3, -0.25) is 0 Å². The maximum Gasteiger partial charge on any atom is 0.187 e. The second-order valence-electron chi connectivity index (χ2n) is 18.9. The molecule has 8 fully saturated rings. The van der Waals surface area contributed by atoms with Crippen LogP contribution < -0.4 is 0 Å². The van der Waals surface area contributed by atoms with Crippen LogP contribution in [0.4, 0.5) is 0 Å². The Morgan fingerprint density at radius 1 is 0.698 bits per heavy atom. The first-order chi connectivity index (χ1) is 25.2. The van der Waals surface area contributed by atoms with Crippen LogP contribution in [-0.4, -0.2) is 146 Å². The molecule has 4 aliphatic carbocycles. The summed E-state index contributed by atoms with van der Waals surface area (Å²) in [5, 5.41) is 84.5. The van der Waals surface area contributed by atoms with Crippen LogP contribution in [0.15, 0.2) is 0 Å². The molecule has 14 unspecified atom stereocenters. The smallest absolute Gasteiger partial charge is 0.187 e. The molecular formula is C39H64O14. The molecule has 8 N–H and O–H groups in total. The molecule has 8 rings (SSSR count). The van der Waals surface area contributed by atoms with Crippen molar-refractivity contribution in [3.8, 4) is 0 Å². The van der Waals surface area contributed by atoms with Gasteiger partial charge in [-0.05, 0) is 97.7 Å². The Labute approximate surface area is 312 Å². The number of fused-ring (bicyclic) bond motifs is 7. The monoisotopic (exact) mass is 756 g/mol. The molecule has 304 valence electrons. The number of aliphatic hydroxyl groups excluding tert-OH is 8. The molecule has 0 bridgehead atoms. The summed E-state index contributed by atoms with van der Waals surface area (Å²) in [4.78, 5) is 0. The third-order valence-electron chi connectivity index (χ3n) is 16.2. The molecule has 8 aliphatic rings. The van der Waals surface area contributed by atoms with E-state index in [0.717, 1.165) is 51.6 Å². The Bertz CT molecular complexity index is 1300. The lowest BCUT2D eigenvalue weighted by Gasteiger charge is -2.62. The van der Waals surface area contributed by atoms with E-state index in [1.807, 2.05) is 0 Å². The molecule has 0 aromatic heterocycles. The summed E-state index contributed by atoms with van der Waals surface area (Å²) in [5.41, 5.74) is 0.0762. The van der Waals surface area contributed by atoms with Crippen LogP contribution in [0.2, 0.25) is 0 Å². The second-order valence-corrected chi connectivity index (χ2v) is 18.9. The van der Waals surface area contributed by atoms with Gasteiger partial charge in [0.1, 0.15) is 48.8 Å². The average molecular weight is 757 g/mol. The molecule has 0 aromatic rings. The molecule has 1 spiro atoms. The van der Waals surface area contributed by atoms with Gasteiger partial charge >= 0.3 is 0 Å². The lowest BCUT2D eigenvalue weighted by atomic mass is 9.44. The van der Waals surface area contributed by atoms with Crippen molar-refractivity contribution in [2.45, 2.75) is 171 Å². The van der Waals surface area contributed by atoms with Crippen molar-refractivity contribution in [1.29, 1.82) is 0 Å². The quantitative estimate of drug-likeness (QED) is 0.173. The fraction of sp³-hybridized carbons (Fsp3) is 1.00. The lowest BCUT2D eigenvalue weighted by molar-refractivity contribution is -0.376. The van der Waals surface area contributed by atoms with Crippen molar-refractivity contribution >= 4 is 0 Å². The topological polar surface area (TPSA) is 217 Å². The van der Waals surface area contributed by atoms with Crippen molar-refractivity contribution in [2.24, 2.45) is 52.3 Å². The van der Waals surface area contributed by atoms with Crippen LogP contribution in [0.5, 0.6) is 0 Å². The van der Waals surface area contributed by atoms with Gasteiger partial charge in [0.05, 0.1) is 38.1 Å². The molecule has 0 amide bonds. The van der Waals surface area contributed by atoms with Crippen LogP contribution in [0.3, 0.4) is 0 Å². The molecular weight excluding hydrogens is 692 g/mol. The SMILES string of the molecule is CC1CCC2(OC1)OC1CC3C4CC[C@@H]5C[C@@H](OC6OC(CO)[C@H](O)[C@H](O)C6OC6OC(CO)C(O)[C@H](O)C6O)[C@@H](O)C[C@]5(C)C4CC[C@]3(C)C1[C@@H]2C. The van der Waals surface area contributed by atoms with Crippen LogP contribution in [0.1, 0.15) is 85.5 Å². The van der Waals surface area contributed by atoms with Gasteiger partial charge in [-0.1, -0.05) is 27.7 Å². The Kier molecular flexibility index (Phi) is 10.6. The maximum absolute atomic E-state index is 11.8. The highest BCUT2D eigenvalue weighted by Gasteiger charge is 2.69. The van der Waals surface area contributed by atoms with Gasteiger partial charge in [-0.25, -0.2) is 0 Å². The molecule has 14 heteroatoms. The summed E-state index contributed by atoms with van der Waals surface area (Å²) in [6.45, 7) is 8.96. The van der Waals surface area contributed by atoms with E-state index in [0.29, 0.717) is 48.3 Å². The standard InChI is InChI=1S/C39H64O14/c1-17-7-10-39(48-16-17)18(2)28-25(53-39)12-22-20-6-5-19-11-24(23(42)13-38(19,4)21(20)8-9-37(22,28)3)49-36-34(32(46)30(44)27(15-41)51-36)52-35-33(47)31(45)29(43)26(14-40)50-35/h17-36,40-47H,5-16H2,1-4H3/t17?,18-,19+,20?,21?,22?,23-,24+,25?,26?,27?,28?,29?,30-,31-,32-,33?,34?,35?,36?,37-,38-,39?/m0/s1. The maximum atomic E-state index is 11.8. The van der Waals surface area contributed by atoms with Crippen molar-refractivity contribution < 1.29 is 69.3 Å². The molecule has 14 nitrogen and oxygen atoms in total. The molecule has 4 heterocycles. The summed E-state index contributed by atoms with van der Waals surface area (Å²) in [7, 11) is 0. The summed E-state index contributed by atoms with van der Waals surface area (Å²) < 4.78 is 37.2. The van der Waals surface area contributed by atoms with Crippen molar-refractivity contribution in [3.63, 3.8) is 0 Å². The van der Waals surface area contributed by atoms with E-state index in [2.05, 4.69) is 27.7 Å². The summed E-state index contributed by atoms with van der Waals surface area (Å²) >= 11 is 0. The van der Waals surface area contributed by atoms with Gasteiger partial charge in [0, 0.05) is 12.3 Å². The highest BCUT2D eigenvalue weighted by Crippen LogP contribution is 2.71. The molecule has 4 aliphatic heterocycles. The molecule has 23 atom stereocenters. The molecule has 4 saturated carbocycles. The molecule has 0 aromatic carbocycles. The van der Waals surface area contributed by atoms with Gasteiger partial charge < -0.3 is 69.3 Å². The first kappa shape index (κ1) is 39.3. The normalized spacial score (nSPS) is 59.5. The second kappa shape index (κ2) is 14.4. The fourth-order valence-electron chi connectivity index (χ4n) is 13.2. The minimum atomic E-state index is -1.76. The minimum Gasteiger partial charge on any atom is -0.394 e. The predicted molar refractivity (Wildman–Crippen MR) is 184 cm³/mol. The van der Waals surface area contributed by atoms with Crippen molar-refractivity contribution in [2.75, 3.05) is 19.8 Å². The van der Waals surface area contributed by atoms with E-state index < -0.39 is 92.6 Å². The third-order valence-corrected chi connectivity index (χ3v) is 16.2. The zero-order valence-corrected chi connectivity index (χ0v) is 31.6. The van der Waals surface area contributed by atoms with E-state index in [-0.39, 0.29) is 22.9 Å². The van der Waals surface area contributed by atoms with E-state index in [1.54, 1.807) is 0 Å². The Hall–Kier alpha value is -0.560. The Morgan fingerprint density at radius 2 is 1.40 bits per heavy atom. The zero-order chi connectivity index (χ0) is 37.8. The Morgan fingerprint density at radius 3 is 2.08 bits per heavy atom. The number of hydrogen-bond acceptors (Lipinski definition) is 14. The number of aliphatic hydroxyl groups is 8. The van der Waals surface area contributed by atoms with Gasteiger partial charge in [0.15, 0.2) is 18.4 Å². The average Bonchev–Trinajstić information content (AvgIpc) is 3.58. The van der Waals surface area contributed by atoms with E-state index in [4.69, 9.17) is 28.4 Å². The van der Waals surface area contributed by atoms with Crippen LogP contribution >= 0.6 is 0 Å². The lowest BCUT2D eigenvalue weighted by Crippen LogP contribution is -2.65. The molecule has 53 heavy (non-hydrogen) atoms. The van der Waals surface area contributed by atoms with E-state index >= 15 is 0 Å². The van der Waals surface area contributed by atoms with Gasteiger partial charge in [-0.2, -0.15) is 0 Å². The molecule has 4 saturated heterocycles. The number of rotatable bonds is 6. The van der Waals surface area contributed by atoms with Crippen LogP contribution in [0.25, 0.3) is 0 Å². The number of hydrogen-bond donors (Lipinski definition) is 8. The van der Waals surface area contributed by atoms with Crippen LogP contribution in [0, 0.1) is 52.3 Å². The Balaban J connectivity index is 0.962. The van der Waals surface area contributed by atoms with Gasteiger partial charge in [0.2, 0.25) is 0 Å². The molecule has 0 radical (unpaired) electrons. The van der Waals surface area contributed by atoms with Crippen molar-refractivity contribution in [3.05, 3.63) is 0 Å². The minimum absolute atomic E-state index is 0.111. The predicted octanol–water partition coefficient (Wildman–Crippen LogP) is 0.413. The van der Waals surface area contributed by atoms with Crippen molar-refractivity contribution in [1.82, 2.24) is 0 Å². The highest BCUT2D eigenvalue weighted by molar-refractivity contribution is 5.16. The summed E-state index contributed by atoms with van der Waals surface area (Å²) in [6.07, 6.45) is -8.11. The first-order valence-electron chi connectivity index (χ1n) is 20.4. The van der Waals surface area contributed by atoms with E-state index in [1.165, 1.54) is 0 Å². The van der Waals surface area contributed by atoms with E-state index in [9.17, 15) is 40.9 Å². The van der Waals surface area contributed by atoms with Gasteiger partial charge in [0.25, 0.3) is 0 Å². The van der Waals surface area contributed by atoms with Crippen LogP contribution in [-0.2, 0) is 28.4 Å². The summed E-state index contributed by atoms with van der Waals surface area (Å²) in [6, 6.07) is 0. The largest absolute Gasteiger partial charge is 0.394 e. The number of ether oxygens (including phenoxy) is 6. The first-order valence-corrected chi connectivity index (χ1v) is 20.4. The third kappa shape index (κ3) is 6.20. The fourth-order valence-corrected chi connectivity index (χ4v) is 13.2. The highest BCUT2D eigenvalue weighted by atomic mass is 16.8.